The number of methoxy groups -OCH3 is 1. The van der Waals surface area contributed by atoms with Crippen LogP contribution in [0.1, 0.15) is 12.8 Å². The predicted molar refractivity (Wildman–Crippen MR) is 117 cm³/mol. The van der Waals surface area contributed by atoms with E-state index in [-0.39, 0.29) is 18.4 Å². The third-order valence-electron chi connectivity index (χ3n) is 4.95. The van der Waals surface area contributed by atoms with Crippen molar-refractivity contribution < 1.29 is 19.1 Å². The summed E-state index contributed by atoms with van der Waals surface area (Å²) < 4.78 is 10.8. The lowest BCUT2D eigenvalue weighted by molar-refractivity contribution is -0.138. The Bertz CT molecular complexity index is 1060. The Morgan fingerprint density at radius 3 is 2.74 bits per heavy atom. The lowest BCUT2D eigenvalue weighted by Gasteiger charge is -2.23. The third kappa shape index (κ3) is 5.00. The SMILES string of the molecule is COc1cccc(-c2nnc(NC(=O)C3CCCN3C(=O)COc3ccccc3)s2)c1. The van der Waals surface area contributed by atoms with Crippen molar-refractivity contribution in [2.75, 3.05) is 25.6 Å². The van der Waals surface area contributed by atoms with Crippen LogP contribution >= 0.6 is 11.3 Å². The number of anilines is 1. The highest BCUT2D eigenvalue weighted by Gasteiger charge is 2.34. The Morgan fingerprint density at radius 2 is 1.94 bits per heavy atom. The van der Waals surface area contributed by atoms with Gasteiger partial charge in [0.25, 0.3) is 5.91 Å². The topological polar surface area (TPSA) is 93.7 Å². The number of aromatic nitrogens is 2. The molecule has 0 aliphatic carbocycles. The summed E-state index contributed by atoms with van der Waals surface area (Å²) in [5, 5.41) is 12.1. The minimum Gasteiger partial charge on any atom is -0.497 e. The van der Waals surface area contributed by atoms with Gasteiger partial charge in [-0.25, -0.2) is 0 Å². The second kappa shape index (κ2) is 9.57. The molecule has 0 saturated carbocycles. The van der Waals surface area contributed by atoms with Crippen LogP contribution in [0, 0.1) is 0 Å². The largest absolute Gasteiger partial charge is 0.497 e. The maximum Gasteiger partial charge on any atom is 0.261 e. The first-order valence-corrected chi connectivity index (χ1v) is 10.7. The van der Waals surface area contributed by atoms with E-state index in [0.29, 0.717) is 28.9 Å². The highest BCUT2D eigenvalue weighted by atomic mass is 32.1. The molecule has 9 heteroatoms. The number of hydrogen-bond donors (Lipinski definition) is 1. The average Bonchev–Trinajstić information content (AvgIpc) is 3.48. The Balaban J connectivity index is 1.37. The smallest absolute Gasteiger partial charge is 0.261 e. The standard InChI is InChI=1S/C22H22N4O4S/c1-29-17-10-5-7-15(13-17)21-24-25-22(31-21)23-20(28)18-11-6-12-26(18)19(27)14-30-16-8-3-2-4-9-16/h2-5,7-10,13,18H,6,11-12,14H2,1H3,(H,23,25,28). The van der Waals surface area contributed by atoms with E-state index in [9.17, 15) is 9.59 Å². The van der Waals surface area contributed by atoms with Crippen molar-refractivity contribution in [3.8, 4) is 22.1 Å². The Kier molecular flexibility index (Phi) is 6.42. The van der Waals surface area contributed by atoms with Gasteiger partial charge in [0, 0.05) is 12.1 Å². The van der Waals surface area contributed by atoms with Crippen molar-refractivity contribution in [2.24, 2.45) is 0 Å². The number of nitrogens with one attached hydrogen (secondary N) is 1. The fraction of sp³-hybridized carbons (Fsp3) is 0.273. The molecule has 0 bridgehead atoms. The van der Waals surface area contributed by atoms with Crippen molar-refractivity contribution >= 4 is 28.3 Å². The minimum atomic E-state index is -0.545. The van der Waals surface area contributed by atoms with Gasteiger partial charge in [-0.15, -0.1) is 10.2 Å². The molecule has 160 valence electrons. The number of ether oxygens (including phenoxy) is 2. The molecule has 8 nitrogen and oxygen atoms in total. The molecule has 4 rings (SSSR count). The number of benzene rings is 2. The summed E-state index contributed by atoms with van der Waals surface area (Å²) in [5.74, 6) is 0.862. The van der Waals surface area contributed by atoms with Crippen LogP contribution in [0.15, 0.2) is 54.6 Å². The van der Waals surface area contributed by atoms with Gasteiger partial charge >= 0.3 is 0 Å². The highest BCUT2D eigenvalue weighted by molar-refractivity contribution is 7.18. The van der Waals surface area contributed by atoms with Crippen LogP contribution in [-0.2, 0) is 9.59 Å². The van der Waals surface area contributed by atoms with Gasteiger partial charge in [0.1, 0.15) is 22.5 Å². The van der Waals surface area contributed by atoms with E-state index in [1.54, 1.807) is 24.1 Å². The molecule has 1 N–H and O–H groups in total. The monoisotopic (exact) mass is 438 g/mol. The molecule has 1 fully saturated rings. The molecule has 1 aliphatic heterocycles. The molecule has 2 aromatic carbocycles. The van der Waals surface area contributed by atoms with Gasteiger partial charge in [-0.1, -0.05) is 41.7 Å². The number of likely N-dealkylation sites (tertiary alicyclic amines) is 1. The van der Waals surface area contributed by atoms with Crippen LogP contribution in [0.5, 0.6) is 11.5 Å². The Morgan fingerprint density at radius 1 is 1.13 bits per heavy atom. The molecule has 2 amide bonds. The lowest BCUT2D eigenvalue weighted by Crippen LogP contribution is -2.45. The van der Waals surface area contributed by atoms with Gasteiger partial charge in [0.15, 0.2) is 6.61 Å². The zero-order chi connectivity index (χ0) is 21.6. The summed E-state index contributed by atoms with van der Waals surface area (Å²) in [6.45, 7) is 0.423. The fourth-order valence-electron chi connectivity index (χ4n) is 3.42. The van der Waals surface area contributed by atoms with Crippen LogP contribution in [-0.4, -0.2) is 53.2 Å². The summed E-state index contributed by atoms with van der Waals surface area (Å²) in [5.41, 5.74) is 0.855. The predicted octanol–water partition coefficient (Wildman–Crippen LogP) is 3.22. The van der Waals surface area contributed by atoms with E-state index in [2.05, 4.69) is 15.5 Å². The molecule has 1 atom stereocenters. The summed E-state index contributed by atoms with van der Waals surface area (Å²) in [6.07, 6.45) is 1.37. The van der Waals surface area contributed by atoms with E-state index in [4.69, 9.17) is 9.47 Å². The van der Waals surface area contributed by atoms with Crippen molar-refractivity contribution in [3.63, 3.8) is 0 Å². The molecule has 1 aliphatic rings. The summed E-state index contributed by atoms with van der Waals surface area (Å²) in [4.78, 5) is 27.0. The van der Waals surface area contributed by atoms with Crippen LogP contribution in [0.25, 0.3) is 10.6 Å². The van der Waals surface area contributed by atoms with E-state index < -0.39 is 6.04 Å². The molecule has 3 aromatic rings. The van der Waals surface area contributed by atoms with Gasteiger partial charge in [-0.2, -0.15) is 0 Å². The van der Waals surface area contributed by atoms with Crippen molar-refractivity contribution in [2.45, 2.75) is 18.9 Å². The second-order valence-electron chi connectivity index (χ2n) is 6.98. The van der Waals surface area contributed by atoms with Crippen LogP contribution in [0.2, 0.25) is 0 Å². The lowest BCUT2D eigenvalue weighted by atomic mass is 10.2. The van der Waals surface area contributed by atoms with Gasteiger partial charge < -0.3 is 14.4 Å². The first-order chi connectivity index (χ1) is 15.1. The highest BCUT2D eigenvalue weighted by Crippen LogP contribution is 2.29. The summed E-state index contributed by atoms with van der Waals surface area (Å²) in [7, 11) is 1.60. The van der Waals surface area contributed by atoms with E-state index in [1.165, 1.54) is 11.3 Å². The van der Waals surface area contributed by atoms with Crippen LogP contribution in [0.4, 0.5) is 5.13 Å². The van der Waals surface area contributed by atoms with E-state index >= 15 is 0 Å². The fourth-order valence-corrected chi connectivity index (χ4v) is 4.16. The zero-order valence-corrected chi connectivity index (χ0v) is 17.8. The Hall–Kier alpha value is -3.46. The van der Waals surface area contributed by atoms with Gasteiger partial charge in [0.2, 0.25) is 11.0 Å². The molecule has 1 unspecified atom stereocenters. The van der Waals surface area contributed by atoms with E-state index in [0.717, 1.165) is 17.7 Å². The number of rotatable bonds is 7. The molecule has 0 spiro atoms. The van der Waals surface area contributed by atoms with Crippen LogP contribution in [0.3, 0.4) is 0 Å². The number of carbonyl (C=O) groups excluding carboxylic acids is 2. The molecule has 31 heavy (non-hydrogen) atoms. The van der Waals surface area contributed by atoms with Gasteiger partial charge in [-0.05, 0) is 37.1 Å². The quantitative estimate of drug-likeness (QED) is 0.609. The number of nitrogens with zero attached hydrogens (tertiary/aromatic N) is 3. The second-order valence-corrected chi connectivity index (χ2v) is 7.96. The number of para-hydroxylation sites is 1. The van der Waals surface area contributed by atoms with E-state index in [1.807, 2.05) is 42.5 Å². The van der Waals surface area contributed by atoms with Crippen molar-refractivity contribution in [3.05, 3.63) is 54.6 Å². The van der Waals surface area contributed by atoms with Gasteiger partial charge in [0.05, 0.1) is 7.11 Å². The zero-order valence-electron chi connectivity index (χ0n) is 17.0. The maximum absolute atomic E-state index is 12.8. The van der Waals surface area contributed by atoms with Gasteiger partial charge in [-0.3, -0.25) is 14.9 Å². The Labute approximate surface area is 183 Å². The molecular formula is C22H22N4O4S. The number of amides is 2. The number of carbonyl (C=O) groups is 2. The summed E-state index contributed by atoms with van der Waals surface area (Å²) in [6, 6.07) is 16.1. The van der Waals surface area contributed by atoms with Crippen LogP contribution < -0.4 is 14.8 Å². The average molecular weight is 439 g/mol. The molecule has 1 saturated heterocycles. The van der Waals surface area contributed by atoms with Crippen molar-refractivity contribution in [1.29, 1.82) is 0 Å². The molecule has 1 aromatic heterocycles. The number of hydrogen-bond acceptors (Lipinski definition) is 7. The first kappa shape index (κ1) is 20.8. The normalized spacial score (nSPS) is 15.5. The third-order valence-corrected chi connectivity index (χ3v) is 5.84. The minimum absolute atomic E-state index is 0.105. The maximum atomic E-state index is 12.8. The summed E-state index contributed by atoms with van der Waals surface area (Å²) >= 11 is 1.27. The molecular weight excluding hydrogens is 416 g/mol. The van der Waals surface area contributed by atoms with Crippen molar-refractivity contribution in [1.82, 2.24) is 15.1 Å². The molecule has 2 heterocycles. The molecule has 0 radical (unpaired) electrons. The first-order valence-electron chi connectivity index (χ1n) is 9.90.